The smallest absolute Gasteiger partial charge is 0.228 e. The van der Waals surface area contributed by atoms with Crippen LogP contribution in [0, 0.1) is 0 Å². The molecule has 1 aromatic heterocycles. The molecule has 0 spiro atoms. The first-order valence-electron chi connectivity index (χ1n) is 10.0. The van der Waals surface area contributed by atoms with Gasteiger partial charge in [0.1, 0.15) is 5.01 Å². The molecule has 0 aliphatic heterocycles. The molecule has 3 aromatic rings. The lowest BCUT2D eigenvalue weighted by atomic mass is 9.81. The van der Waals surface area contributed by atoms with Crippen LogP contribution in [0.5, 0.6) is 0 Å². The highest BCUT2D eigenvalue weighted by atomic mass is 32.1. The number of likely N-dealkylation sites (N-methyl/N-ethyl adjacent to an activating group) is 1. The van der Waals surface area contributed by atoms with Crippen molar-refractivity contribution in [1.29, 1.82) is 0 Å². The molecule has 3 nitrogen and oxygen atoms in total. The molecule has 0 unspecified atom stereocenters. The van der Waals surface area contributed by atoms with Gasteiger partial charge < -0.3 is 4.90 Å². The summed E-state index contributed by atoms with van der Waals surface area (Å²) in [6.45, 7) is 0. The summed E-state index contributed by atoms with van der Waals surface area (Å²) in [6.07, 6.45) is 4.85. The minimum Gasteiger partial charge on any atom is -0.342 e. The van der Waals surface area contributed by atoms with Crippen LogP contribution in [-0.4, -0.2) is 28.9 Å². The number of nitrogens with zero attached hydrogens (tertiary/aromatic N) is 2. The Morgan fingerprint density at radius 1 is 1.00 bits per heavy atom. The maximum Gasteiger partial charge on any atom is 0.228 e. The van der Waals surface area contributed by atoms with Crippen LogP contribution >= 0.6 is 11.3 Å². The molecule has 4 rings (SSSR count). The maximum atomic E-state index is 12.8. The third-order valence-electron chi connectivity index (χ3n) is 5.81. The second-order valence-electron chi connectivity index (χ2n) is 7.61. The van der Waals surface area contributed by atoms with Crippen LogP contribution in [-0.2, 0) is 11.2 Å². The van der Waals surface area contributed by atoms with Crippen LogP contribution in [0.3, 0.4) is 0 Å². The van der Waals surface area contributed by atoms with Gasteiger partial charge in [-0.2, -0.15) is 0 Å². The average molecular weight is 391 g/mol. The molecule has 4 heteroatoms. The zero-order valence-electron chi connectivity index (χ0n) is 16.3. The summed E-state index contributed by atoms with van der Waals surface area (Å²) in [6, 6.07) is 21.3. The molecule has 1 amide bonds. The Kier molecular flexibility index (Phi) is 5.87. The molecule has 0 atom stereocenters. The van der Waals surface area contributed by atoms with Gasteiger partial charge >= 0.3 is 0 Å². The monoisotopic (exact) mass is 390 g/mol. The van der Waals surface area contributed by atoms with Gasteiger partial charge in [-0.1, -0.05) is 60.7 Å². The van der Waals surface area contributed by atoms with E-state index in [-0.39, 0.29) is 5.91 Å². The van der Waals surface area contributed by atoms with Gasteiger partial charge in [0.2, 0.25) is 5.91 Å². The number of benzene rings is 2. The van der Waals surface area contributed by atoms with Crippen molar-refractivity contribution in [3.63, 3.8) is 0 Å². The Morgan fingerprint density at radius 2 is 1.64 bits per heavy atom. The molecule has 28 heavy (non-hydrogen) atoms. The minimum atomic E-state index is 0.174. The van der Waals surface area contributed by atoms with Gasteiger partial charge in [0.15, 0.2) is 0 Å². The lowest BCUT2D eigenvalue weighted by Gasteiger charge is -2.35. The molecule has 144 valence electrons. The van der Waals surface area contributed by atoms with Gasteiger partial charge in [-0.15, -0.1) is 11.3 Å². The summed E-state index contributed by atoms with van der Waals surface area (Å²) in [7, 11) is 1.96. The van der Waals surface area contributed by atoms with Gasteiger partial charge in [0.05, 0.1) is 12.1 Å². The Balaban J connectivity index is 1.32. The first-order chi connectivity index (χ1) is 13.7. The zero-order chi connectivity index (χ0) is 19.3. The van der Waals surface area contributed by atoms with Crippen molar-refractivity contribution < 1.29 is 4.79 Å². The molecule has 1 fully saturated rings. The first-order valence-corrected chi connectivity index (χ1v) is 10.9. The standard InChI is InChI=1S/C24H26N2OS/c1-26(22-14-12-19(13-15-22)18-8-4-2-5-9-18)23(27)16-21-17-28-24(25-21)20-10-6-3-7-11-20/h2-11,17,19,22H,12-16H2,1H3. The van der Waals surface area contributed by atoms with E-state index in [0.29, 0.717) is 18.4 Å². The van der Waals surface area contributed by atoms with Crippen molar-refractivity contribution in [2.75, 3.05) is 7.05 Å². The van der Waals surface area contributed by atoms with E-state index in [9.17, 15) is 4.79 Å². The number of thiazole rings is 1. The predicted molar refractivity (Wildman–Crippen MR) is 115 cm³/mol. The highest BCUT2D eigenvalue weighted by molar-refractivity contribution is 7.13. The maximum absolute atomic E-state index is 12.8. The highest BCUT2D eigenvalue weighted by Crippen LogP contribution is 2.34. The van der Waals surface area contributed by atoms with Gasteiger partial charge in [-0.25, -0.2) is 4.98 Å². The molecule has 1 aliphatic carbocycles. The van der Waals surface area contributed by atoms with E-state index in [1.54, 1.807) is 11.3 Å². The Hall–Kier alpha value is -2.46. The second-order valence-corrected chi connectivity index (χ2v) is 8.47. The van der Waals surface area contributed by atoms with Crippen molar-refractivity contribution in [2.45, 2.75) is 44.1 Å². The molecule has 0 bridgehead atoms. The molecule has 1 saturated carbocycles. The van der Waals surface area contributed by atoms with E-state index in [2.05, 4.69) is 47.4 Å². The van der Waals surface area contributed by atoms with Crippen molar-refractivity contribution >= 4 is 17.2 Å². The third kappa shape index (κ3) is 4.33. The van der Waals surface area contributed by atoms with Crippen molar-refractivity contribution in [3.8, 4) is 10.6 Å². The summed E-state index contributed by atoms with van der Waals surface area (Å²) in [5, 5.41) is 3.00. The van der Waals surface area contributed by atoms with E-state index < -0.39 is 0 Å². The number of amides is 1. The summed E-state index contributed by atoms with van der Waals surface area (Å²) in [5.74, 6) is 0.806. The molecular formula is C24H26N2OS. The number of carbonyl (C=O) groups is 1. The quantitative estimate of drug-likeness (QED) is 0.573. The van der Waals surface area contributed by atoms with Crippen LogP contribution in [0.2, 0.25) is 0 Å². The van der Waals surface area contributed by atoms with Crippen molar-refractivity contribution in [2.24, 2.45) is 0 Å². The lowest BCUT2D eigenvalue weighted by molar-refractivity contribution is -0.131. The molecule has 0 radical (unpaired) electrons. The fourth-order valence-corrected chi connectivity index (χ4v) is 4.93. The van der Waals surface area contributed by atoms with Crippen LogP contribution in [0.15, 0.2) is 66.0 Å². The van der Waals surface area contributed by atoms with E-state index in [0.717, 1.165) is 41.9 Å². The largest absolute Gasteiger partial charge is 0.342 e. The van der Waals surface area contributed by atoms with E-state index in [1.807, 2.05) is 35.5 Å². The van der Waals surface area contributed by atoms with E-state index >= 15 is 0 Å². The molecule has 0 N–H and O–H groups in total. The molecule has 1 aliphatic rings. The summed E-state index contributed by atoms with van der Waals surface area (Å²) in [5.41, 5.74) is 3.42. The summed E-state index contributed by atoms with van der Waals surface area (Å²) in [4.78, 5) is 19.4. The minimum absolute atomic E-state index is 0.174. The number of hydrogen-bond donors (Lipinski definition) is 0. The topological polar surface area (TPSA) is 33.2 Å². The normalized spacial score (nSPS) is 19.3. The average Bonchev–Trinajstić information content (AvgIpc) is 3.23. The molecular weight excluding hydrogens is 364 g/mol. The van der Waals surface area contributed by atoms with Crippen molar-refractivity contribution in [1.82, 2.24) is 9.88 Å². The molecule has 1 heterocycles. The van der Waals surface area contributed by atoms with E-state index in [4.69, 9.17) is 0 Å². The summed E-state index contributed by atoms with van der Waals surface area (Å²) >= 11 is 1.61. The fourth-order valence-electron chi connectivity index (χ4n) is 4.11. The lowest BCUT2D eigenvalue weighted by Crippen LogP contribution is -2.40. The van der Waals surface area contributed by atoms with Gasteiger partial charge in [0.25, 0.3) is 0 Å². The number of carbonyl (C=O) groups excluding carboxylic acids is 1. The van der Waals surface area contributed by atoms with Crippen LogP contribution in [0.1, 0.15) is 42.9 Å². The van der Waals surface area contributed by atoms with Gasteiger partial charge in [0, 0.05) is 24.0 Å². The SMILES string of the molecule is CN(C(=O)Cc1csc(-c2ccccc2)n1)C1CCC(c2ccccc2)CC1. The molecule has 0 saturated heterocycles. The Bertz CT molecular complexity index is 899. The third-order valence-corrected chi connectivity index (χ3v) is 6.75. The Labute approximate surface area is 171 Å². The fraction of sp³-hybridized carbons (Fsp3) is 0.333. The van der Waals surface area contributed by atoms with Crippen LogP contribution in [0.25, 0.3) is 10.6 Å². The second kappa shape index (κ2) is 8.70. The van der Waals surface area contributed by atoms with E-state index in [1.165, 1.54) is 5.56 Å². The van der Waals surface area contributed by atoms with Gasteiger partial charge in [-0.3, -0.25) is 4.79 Å². The number of hydrogen-bond acceptors (Lipinski definition) is 3. The highest BCUT2D eigenvalue weighted by Gasteiger charge is 2.27. The zero-order valence-corrected chi connectivity index (χ0v) is 17.1. The first kappa shape index (κ1) is 18.9. The van der Waals surface area contributed by atoms with Crippen LogP contribution in [0.4, 0.5) is 0 Å². The Morgan fingerprint density at radius 3 is 2.32 bits per heavy atom. The summed E-state index contributed by atoms with van der Waals surface area (Å²) < 4.78 is 0. The van der Waals surface area contributed by atoms with Gasteiger partial charge in [-0.05, 0) is 37.2 Å². The van der Waals surface area contributed by atoms with Crippen LogP contribution < -0.4 is 0 Å². The predicted octanol–water partition coefficient (Wildman–Crippen LogP) is 5.54. The molecule has 2 aromatic carbocycles. The number of rotatable bonds is 5. The number of aromatic nitrogens is 1. The van der Waals surface area contributed by atoms with Crippen molar-refractivity contribution in [3.05, 3.63) is 77.3 Å².